The Labute approximate surface area is 112 Å². The Bertz CT molecular complexity index is 381. The highest BCUT2D eigenvalue weighted by molar-refractivity contribution is 5.68. The molecule has 19 heavy (non-hydrogen) atoms. The normalized spacial score (nSPS) is 36.9. The highest BCUT2D eigenvalue weighted by Crippen LogP contribution is 2.57. The smallest absolute Gasteiger partial charge is 0.407 e. The first-order valence-electron chi connectivity index (χ1n) is 6.67. The van der Waals surface area contributed by atoms with Crippen molar-refractivity contribution in [2.45, 2.75) is 70.1 Å². The molecular weight excluding hydrogens is 254 g/mol. The first-order chi connectivity index (χ1) is 8.54. The van der Waals surface area contributed by atoms with E-state index in [9.17, 15) is 13.6 Å². The fourth-order valence-electron chi connectivity index (χ4n) is 3.16. The molecule has 0 heterocycles. The molecule has 0 saturated heterocycles. The second-order valence-electron chi connectivity index (χ2n) is 6.81. The van der Waals surface area contributed by atoms with E-state index in [0.717, 1.165) is 0 Å². The van der Waals surface area contributed by atoms with Gasteiger partial charge in [-0.2, -0.15) is 0 Å². The molecule has 0 aliphatic heterocycles. The van der Waals surface area contributed by atoms with Gasteiger partial charge in [-0.05, 0) is 33.6 Å². The molecule has 0 radical (unpaired) electrons. The van der Waals surface area contributed by atoms with Crippen molar-refractivity contribution in [3.05, 3.63) is 0 Å². The molecule has 6 heteroatoms. The first-order valence-corrected chi connectivity index (χ1v) is 6.67. The first kappa shape index (κ1) is 14.5. The van der Waals surface area contributed by atoms with Crippen LogP contribution < -0.4 is 11.1 Å². The number of ether oxygens (including phenoxy) is 1. The van der Waals surface area contributed by atoms with Crippen molar-refractivity contribution < 1.29 is 18.3 Å². The SMILES string of the molecule is CC(C)(C)OC(=O)NC1CC(N)C12CCC(F)(F)C2. The van der Waals surface area contributed by atoms with Crippen LogP contribution in [0.15, 0.2) is 0 Å². The number of halogens is 2. The molecule has 2 saturated carbocycles. The standard InChI is InChI=1S/C13H22F2N2O2/c1-11(2,3)19-10(18)17-9-6-8(16)12(9)4-5-13(14,15)7-12/h8-9H,4-7,16H2,1-3H3,(H,17,18). The van der Waals surface area contributed by atoms with Gasteiger partial charge in [0.05, 0.1) is 0 Å². The third-order valence-corrected chi connectivity index (χ3v) is 4.16. The van der Waals surface area contributed by atoms with Gasteiger partial charge in [0.15, 0.2) is 0 Å². The Balaban J connectivity index is 1.97. The molecule has 1 spiro atoms. The molecule has 3 atom stereocenters. The number of nitrogens with two attached hydrogens (primary N) is 1. The molecule has 4 nitrogen and oxygen atoms in total. The molecule has 3 N–H and O–H groups in total. The Kier molecular flexibility index (Phi) is 3.28. The van der Waals surface area contributed by atoms with Gasteiger partial charge in [0.25, 0.3) is 0 Å². The highest BCUT2D eigenvalue weighted by atomic mass is 19.3. The van der Waals surface area contributed by atoms with Gasteiger partial charge in [-0.25, -0.2) is 13.6 Å². The van der Waals surface area contributed by atoms with Gasteiger partial charge >= 0.3 is 6.09 Å². The van der Waals surface area contributed by atoms with E-state index in [-0.39, 0.29) is 24.9 Å². The summed E-state index contributed by atoms with van der Waals surface area (Å²) in [5.41, 5.74) is 4.66. The van der Waals surface area contributed by atoms with Gasteiger partial charge in [0.1, 0.15) is 5.60 Å². The minimum absolute atomic E-state index is 0.146. The van der Waals surface area contributed by atoms with E-state index in [2.05, 4.69) is 5.32 Å². The van der Waals surface area contributed by atoms with E-state index in [0.29, 0.717) is 12.8 Å². The van der Waals surface area contributed by atoms with E-state index in [4.69, 9.17) is 10.5 Å². The van der Waals surface area contributed by atoms with Gasteiger partial charge in [-0.3, -0.25) is 0 Å². The minimum atomic E-state index is -2.66. The van der Waals surface area contributed by atoms with Gasteiger partial charge < -0.3 is 15.8 Å². The van der Waals surface area contributed by atoms with E-state index in [1.54, 1.807) is 20.8 Å². The predicted molar refractivity (Wildman–Crippen MR) is 67.0 cm³/mol. The second kappa shape index (κ2) is 4.30. The predicted octanol–water partition coefficient (Wildman–Crippen LogP) is 2.42. The fourth-order valence-corrected chi connectivity index (χ4v) is 3.16. The number of hydrogen-bond donors (Lipinski definition) is 2. The quantitative estimate of drug-likeness (QED) is 0.773. The van der Waals surface area contributed by atoms with E-state index in [1.165, 1.54) is 0 Å². The summed E-state index contributed by atoms with van der Waals surface area (Å²) in [6, 6.07) is -0.563. The second-order valence-corrected chi connectivity index (χ2v) is 6.81. The van der Waals surface area contributed by atoms with Crippen LogP contribution in [0.4, 0.5) is 13.6 Å². The Morgan fingerprint density at radius 3 is 2.42 bits per heavy atom. The average Bonchev–Trinajstić information content (AvgIpc) is 2.54. The Morgan fingerprint density at radius 2 is 2.00 bits per heavy atom. The summed E-state index contributed by atoms with van der Waals surface area (Å²) in [5.74, 6) is -2.66. The molecule has 2 rings (SSSR count). The van der Waals surface area contributed by atoms with Crippen LogP contribution in [0.1, 0.15) is 46.5 Å². The molecule has 3 unspecified atom stereocenters. The summed E-state index contributed by atoms with van der Waals surface area (Å²) < 4.78 is 32.0. The van der Waals surface area contributed by atoms with Crippen LogP contribution in [0, 0.1) is 5.41 Å². The van der Waals surface area contributed by atoms with Crippen LogP contribution >= 0.6 is 0 Å². The summed E-state index contributed by atoms with van der Waals surface area (Å²) in [4.78, 5) is 11.7. The van der Waals surface area contributed by atoms with Crippen molar-refractivity contribution in [2.24, 2.45) is 11.1 Å². The Hall–Kier alpha value is -0.910. The van der Waals surface area contributed by atoms with Crippen molar-refractivity contribution in [2.75, 3.05) is 0 Å². The van der Waals surface area contributed by atoms with Crippen LogP contribution in [-0.2, 0) is 4.74 Å². The third kappa shape index (κ3) is 2.83. The van der Waals surface area contributed by atoms with Crippen molar-refractivity contribution >= 4 is 6.09 Å². The van der Waals surface area contributed by atoms with Crippen molar-refractivity contribution in [3.8, 4) is 0 Å². The topological polar surface area (TPSA) is 64.3 Å². The number of carbonyl (C=O) groups excluding carboxylic acids is 1. The molecule has 0 bridgehead atoms. The van der Waals surface area contributed by atoms with Crippen LogP contribution in [0.2, 0.25) is 0 Å². The average molecular weight is 276 g/mol. The molecule has 2 aliphatic rings. The molecule has 1 amide bonds. The summed E-state index contributed by atoms with van der Waals surface area (Å²) >= 11 is 0. The summed E-state index contributed by atoms with van der Waals surface area (Å²) in [7, 11) is 0. The van der Waals surface area contributed by atoms with Crippen LogP contribution in [-0.4, -0.2) is 29.7 Å². The zero-order valence-electron chi connectivity index (χ0n) is 11.6. The lowest BCUT2D eigenvalue weighted by Gasteiger charge is -2.52. The fraction of sp³-hybridized carbons (Fsp3) is 0.923. The van der Waals surface area contributed by atoms with E-state index >= 15 is 0 Å². The maximum atomic E-state index is 13.4. The largest absolute Gasteiger partial charge is 0.444 e. The number of nitrogens with one attached hydrogen (secondary N) is 1. The number of hydrogen-bond acceptors (Lipinski definition) is 3. The van der Waals surface area contributed by atoms with E-state index in [1.807, 2.05) is 0 Å². The van der Waals surface area contributed by atoms with E-state index < -0.39 is 23.0 Å². The monoisotopic (exact) mass is 276 g/mol. The zero-order valence-corrected chi connectivity index (χ0v) is 11.6. The maximum absolute atomic E-state index is 13.4. The summed E-state index contributed by atoms with van der Waals surface area (Å²) in [6.07, 6.45) is -0.0369. The van der Waals surface area contributed by atoms with Crippen molar-refractivity contribution in [1.29, 1.82) is 0 Å². The summed E-state index contributed by atoms with van der Waals surface area (Å²) in [6.45, 7) is 5.29. The third-order valence-electron chi connectivity index (χ3n) is 4.16. The number of rotatable bonds is 1. The number of alkyl halides is 2. The minimum Gasteiger partial charge on any atom is -0.444 e. The number of carbonyl (C=O) groups is 1. The van der Waals surface area contributed by atoms with Gasteiger partial charge in [0.2, 0.25) is 5.92 Å². The zero-order chi connectivity index (χ0) is 14.5. The summed E-state index contributed by atoms with van der Waals surface area (Å²) in [5, 5.41) is 2.70. The molecule has 110 valence electrons. The van der Waals surface area contributed by atoms with Gasteiger partial charge in [-0.15, -0.1) is 0 Å². The molecule has 0 aromatic heterocycles. The number of alkyl carbamates (subject to hydrolysis) is 1. The van der Waals surface area contributed by atoms with Crippen LogP contribution in [0.5, 0.6) is 0 Å². The lowest BCUT2D eigenvalue weighted by Crippen LogP contribution is -2.66. The molecular formula is C13H22F2N2O2. The number of amides is 1. The van der Waals surface area contributed by atoms with Crippen LogP contribution in [0.25, 0.3) is 0 Å². The molecule has 0 aromatic rings. The molecule has 2 fully saturated rings. The lowest BCUT2D eigenvalue weighted by atomic mass is 9.59. The lowest BCUT2D eigenvalue weighted by molar-refractivity contribution is -0.0399. The van der Waals surface area contributed by atoms with Gasteiger partial charge in [-0.1, -0.05) is 0 Å². The van der Waals surface area contributed by atoms with Crippen molar-refractivity contribution in [1.82, 2.24) is 5.32 Å². The Morgan fingerprint density at radius 1 is 1.37 bits per heavy atom. The highest BCUT2D eigenvalue weighted by Gasteiger charge is 2.62. The van der Waals surface area contributed by atoms with Crippen molar-refractivity contribution in [3.63, 3.8) is 0 Å². The maximum Gasteiger partial charge on any atom is 0.407 e. The van der Waals surface area contributed by atoms with Crippen LogP contribution in [0.3, 0.4) is 0 Å². The molecule has 2 aliphatic carbocycles. The molecule has 0 aromatic carbocycles. The van der Waals surface area contributed by atoms with Gasteiger partial charge in [0, 0.05) is 30.3 Å².